The third-order valence-corrected chi connectivity index (χ3v) is 2.19. The van der Waals surface area contributed by atoms with Gasteiger partial charge in [0.05, 0.1) is 12.7 Å². The number of nitrogens with one attached hydrogen (secondary N) is 1. The lowest BCUT2D eigenvalue weighted by Gasteiger charge is -2.22. The number of ether oxygens (including phenoxy) is 1. The fraction of sp³-hybridized carbons (Fsp3) is 0.909. The van der Waals surface area contributed by atoms with Crippen molar-refractivity contribution in [1.82, 2.24) is 5.32 Å². The highest BCUT2D eigenvalue weighted by Gasteiger charge is 2.21. The molecular weight excluding hydrogens is 176 g/mol. The van der Waals surface area contributed by atoms with E-state index in [0.29, 0.717) is 18.6 Å². The highest BCUT2D eigenvalue weighted by molar-refractivity contribution is 5.02. The minimum Gasteiger partial charge on any atom is -0.378 e. The van der Waals surface area contributed by atoms with Gasteiger partial charge in [-0.05, 0) is 25.8 Å². The summed E-state index contributed by atoms with van der Waals surface area (Å²) in [5, 5.41) is 11.8. The van der Waals surface area contributed by atoms with Crippen molar-refractivity contribution in [2.75, 3.05) is 20.3 Å². The molecule has 0 aromatic carbocycles. The van der Waals surface area contributed by atoms with Gasteiger partial charge in [0.15, 0.2) is 0 Å². The van der Waals surface area contributed by atoms with E-state index in [1.54, 1.807) is 7.05 Å². The van der Waals surface area contributed by atoms with Crippen LogP contribution in [0.2, 0.25) is 0 Å². The van der Waals surface area contributed by atoms with Crippen LogP contribution < -0.4 is 5.32 Å². The molecule has 0 aromatic rings. The molecule has 14 heavy (non-hydrogen) atoms. The molecule has 3 heteroatoms. The molecule has 0 aliphatic rings. The van der Waals surface area contributed by atoms with Gasteiger partial charge in [0.1, 0.15) is 5.54 Å². The van der Waals surface area contributed by atoms with Gasteiger partial charge in [-0.1, -0.05) is 20.8 Å². The van der Waals surface area contributed by atoms with Crippen molar-refractivity contribution in [3.05, 3.63) is 0 Å². The lowest BCUT2D eigenvalue weighted by atomic mass is 9.93. The third kappa shape index (κ3) is 5.95. The Bertz CT molecular complexity index is 202. The first-order valence-electron chi connectivity index (χ1n) is 5.01. The van der Waals surface area contributed by atoms with E-state index < -0.39 is 5.54 Å². The molecule has 0 radical (unpaired) electrons. The van der Waals surface area contributed by atoms with Crippen LogP contribution in [0.25, 0.3) is 0 Å². The Morgan fingerprint density at radius 3 is 2.21 bits per heavy atom. The van der Waals surface area contributed by atoms with Crippen molar-refractivity contribution in [3.63, 3.8) is 0 Å². The second kappa shape index (κ2) is 5.33. The summed E-state index contributed by atoms with van der Waals surface area (Å²) in [5.74, 6) is 0. The Balaban J connectivity index is 3.70. The fourth-order valence-corrected chi connectivity index (χ4v) is 0.815. The third-order valence-electron chi connectivity index (χ3n) is 2.19. The lowest BCUT2D eigenvalue weighted by molar-refractivity contribution is 0.0788. The summed E-state index contributed by atoms with van der Waals surface area (Å²) in [6, 6.07) is 2.19. The maximum atomic E-state index is 8.85. The zero-order chi connectivity index (χ0) is 11.2. The van der Waals surface area contributed by atoms with Crippen LogP contribution in [0.4, 0.5) is 0 Å². The lowest BCUT2D eigenvalue weighted by Crippen LogP contribution is -2.42. The molecule has 0 bridgehead atoms. The van der Waals surface area contributed by atoms with Crippen molar-refractivity contribution >= 4 is 0 Å². The SMILES string of the molecule is CNC(C)(C#N)COCCC(C)(C)C. The summed E-state index contributed by atoms with van der Waals surface area (Å²) in [5.41, 5.74) is -0.263. The Morgan fingerprint density at radius 1 is 1.29 bits per heavy atom. The minimum absolute atomic E-state index is 0.294. The number of hydrogen-bond acceptors (Lipinski definition) is 3. The summed E-state index contributed by atoms with van der Waals surface area (Å²) in [6.45, 7) is 9.52. The van der Waals surface area contributed by atoms with E-state index in [9.17, 15) is 0 Å². The average Bonchev–Trinajstić information content (AvgIpc) is 2.11. The molecule has 82 valence electrons. The van der Waals surface area contributed by atoms with Crippen LogP contribution in [0, 0.1) is 16.7 Å². The van der Waals surface area contributed by atoms with E-state index in [2.05, 4.69) is 32.2 Å². The molecular formula is C11H22N2O. The normalized spacial score (nSPS) is 16.0. The Hall–Kier alpha value is -0.590. The summed E-state index contributed by atoms with van der Waals surface area (Å²) < 4.78 is 5.47. The van der Waals surface area contributed by atoms with Gasteiger partial charge in [0.25, 0.3) is 0 Å². The van der Waals surface area contributed by atoms with Crippen molar-refractivity contribution < 1.29 is 4.74 Å². The highest BCUT2D eigenvalue weighted by Crippen LogP contribution is 2.18. The summed E-state index contributed by atoms with van der Waals surface area (Å²) in [4.78, 5) is 0. The van der Waals surface area contributed by atoms with Crippen LogP contribution >= 0.6 is 0 Å². The summed E-state index contributed by atoms with van der Waals surface area (Å²) >= 11 is 0. The van der Waals surface area contributed by atoms with Crippen LogP contribution in [0.15, 0.2) is 0 Å². The van der Waals surface area contributed by atoms with Crippen LogP contribution in [-0.2, 0) is 4.74 Å². The van der Waals surface area contributed by atoms with Gasteiger partial charge in [-0.3, -0.25) is 0 Å². The first-order chi connectivity index (χ1) is 6.33. The number of nitrogens with zero attached hydrogens (tertiary/aromatic N) is 1. The van der Waals surface area contributed by atoms with E-state index >= 15 is 0 Å². The van der Waals surface area contributed by atoms with E-state index in [1.165, 1.54) is 0 Å². The first kappa shape index (κ1) is 13.4. The van der Waals surface area contributed by atoms with Gasteiger partial charge in [0, 0.05) is 6.61 Å². The molecule has 3 nitrogen and oxygen atoms in total. The maximum absolute atomic E-state index is 8.85. The van der Waals surface area contributed by atoms with Crippen LogP contribution in [0.5, 0.6) is 0 Å². The largest absolute Gasteiger partial charge is 0.378 e. The van der Waals surface area contributed by atoms with Gasteiger partial charge >= 0.3 is 0 Å². The molecule has 0 saturated heterocycles. The van der Waals surface area contributed by atoms with E-state index in [1.807, 2.05) is 6.92 Å². The standard InChI is InChI=1S/C11H22N2O/c1-10(2,3)6-7-14-9-11(4,8-12)13-5/h13H,6-7,9H2,1-5H3. The smallest absolute Gasteiger partial charge is 0.127 e. The van der Waals surface area contributed by atoms with Crippen LogP contribution in [0.3, 0.4) is 0 Å². The number of nitriles is 1. The van der Waals surface area contributed by atoms with Crippen molar-refractivity contribution in [1.29, 1.82) is 5.26 Å². The number of rotatable bonds is 5. The molecule has 1 unspecified atom stereocenters. The van der Waals surface area contributed by atoms with Crippen molar-refractivity contribution in [3.8, 4) is 6.07 Å². The van der Waals surface area contributed by atoms with E-state index in [-0.39, 0.29) is 0 Å². The molecule has 0 rings (SSSR count). The van der Waals surface area contributed by atoms with Gasteiger partial charge in [-0.25, -0.2) is 0 Å². The van der Waals surface area contributed by atoms with Gasteiger partial charge in [-0.15, -0.1) is 0 Å². The first-order valence-corrected chi connectivity index (χ1v) is 5.01. The highest BCUT2D eigenvalue weighted by atomic mass is 16.5. The quantitative estimate of drug-likeness (QED) is 0.687. The Kier molecular flexibility index (Phi) is 5.11. The van der Waals surface area contributed by atoms with Crippen LogP contribution in [-0.4, -0.2) is 25.8 Å². The van der Waals surface area contributed by atoms with E-state index in [4.69, 9.17) is 10.00 Å². The molecule has 0 aromatic heterocycles. The summed E-state index contributed by atoms with van der Waals surface area (Å²) in [6.07, 6.45) is 1.01. The maximum Gasteiger partial charge on any atom is 0.127 e. The zero-order valence-corrected chi connectivity index (χ0v) is 9.98. The zero-order valence-electron chi connectivity index (χ0n) is 9.98. The molecule has 0 fully saturated rings. The molecule has 1 atom stereocenters. The van der Waals surface area contributed by atoms with Gasteiger partial charge in [0.2, 0.25) is 0 Å². The van der Waals surface area contributed by atoms with Crippen molar-refractivity contribution in [2.45, 2.75) is 39.7 Å². The Morgan fingerprint density at radius 2 is 1.86 bits per heavy atom. The average molecular weight is 198 g/mol. The molecule has 0 aliphatic carbocycles. The van der Waals surface area contributed by atoms with Crippen LogP contribution in [0.1, 0.15) is 34.1 Å². The fourth-order valence-electron chi connectivity index (χ4n) is 0.815. The van der Waals surface area contributed by atoms with Gasteiger partial charge in [-0.2, -0.15) is 5.26 Å². The van der Waals surface area contributed by atoms with Gasteiger partial charge < -0.3 is 10.1 Å². The second-order valence-electron chi connectivity index (χ2n) is 5.06. The number of likely N-dealkylation sites (N-methyl/N-ethyl adjacent to an activating group) is 1. The Labute approximate surface area is 87.4 Å². The topological polar surface area (TPSA) is 45.0 Å². The predicted molar refractivity (Wildman–Crippen MR) is 58.0 cm³/mol. The minimum atomic E-state index is -0.558. The second-order valence-corrected chi connectivity index (χ2v) is 5.06. The molecule has 0 spiro atoms. The monoisotopic (exact) mass is 198 g/mol. The van der Waals surface area contributed by atoms with Crippen molar-refractivity contribution in [2.24, 2.45) is 5.41 Å². The van der Waals surface area contributed by atoms with E-state index in [0.717, 1.165) is 6.42 Å². The molecule has 0 heterocycles. The molecule has 0 amide bonds. The molecule has 0 aliphatic heterocycles. The predicted octanol–water partition coefficient (Wildman–Crippen LogP) is 1.94. The summed E-state index contributed by atoms with van der Waals surface area (Å²) in [7, 11) is 1.77. The molecule has 0 saturated carbocycles. The number of hydrogen-bond donors (Lipinski definition) is 1. The molecule has 1 N–H and O–H groups in total.